The van der Waals surface area contributed by atoms with E-state index >= 15 is 0 Å². The zero-order valence-corrected chi connectivity index (χ0v) is 32.6. The fraction of sp³-hybridized carbons (Fsp3) is 0.647. The molecule has 46 heavy (non-hydrogen) atoms. The second kappa shape index (κ2) is 15.0. The van der Waals surface area contributed by atoms with Crippen LogP contribution in [0, 0.1) is 0 Å². The van der Waals surface area contributed by atoms with Gasteiger partial charge in [0, 0.05) is 30.6 Å². The maximum atomic E-state index is 14.3. The molecule has 1 heterocycles. The Bertz CT molecular complexity index is 1300. The van der Waals surface area contributed by atoms with Crippen LogP contribution in [0.5, 0.6) is 0 Å². The molecule has 1 N–H and O–H groups in total. The lowest BCUT2D eigenvalue weighted by Gasteiger charge is -2.38. The van der Waals surface area contributed by atoms with Crippen molar-refractivity contribution >= 4 is 52.2 Å². The van der Waals surface area contributed by atoms with Crippen molar-refractivity contribution in [1.29, 1.82) is 0 Å². The quantitative estimate of drug-likeness (QED) is 0.200. The SMILES string of the molecule is COC(=O)c1ccc2c(c1)N=C(NC(=O)OC(C)(C)C)CC(C(=O)N(CCO[Si](C)(C)C(C)(C)C)CCO[Si](C)(C)C(C)(C)C)=C2. The Morgan fingerprint density at radius 2 is 1.39 bits per heavy atom. The van der Waals surface area contributed by atoms with Gasteiger partial charge in [-0.3, -0.25) is 10.1 Å². The summed E-state index contributed by atoms with van der Waals surface area (Å²) in [5.41, 5.74) is 1.05. The molecule has 0 radical (unpaired) electrons. The molecule has 1 aromatic rings. The Hall–Kier alpha value is -2.81. The number of benzene rings is 1. The monoisotopic (exact) mass is 675 g/mol. The molecule has 0 saturated carbocycles. The molecule has 258 valence electrons. The van der Waals surface area contributed by atoms with Crippen LogP contribution < -0.4 is 5.32 Å². The van der Waals surface area contributed by atoms with Crippen LogP contribution in [0.3, 0.4) is 0 Å². The molecule has 10 nitrogen and oxygen atoms in total. The van der Waals surface area contributed by atoms with E-state index in [9.17, 15) is 14.4 Å². The van der Waals surface area contributed by atoms with Gasteiger partial charge in [0.15, 0.2) is 16.6 Å². The van der Waals surface area contributed by atoms with E-state index < -0.39 is 34.3 Å². The molecule has 0 unspecified atom stereocenters. The predicted octanol–water partition coefficient (Wildman–Crippen LogP) is 7.69. The largest absolute Gasteiger partial charge is 0.465 e. The van der Waals surface area contributed by atoms with Gasteiger partial charge in [-0.05, 0) is 75.2 Å². The fourth-order valence-corrected chi connectivity index (χ4v) is 6.08. The fourth-order valence-electron chi connectivity index (χ4n) is 4.02. The van der Waals surface area contributed by atoms with Crippen molar-refractivity contribution in [1.82, 2.24) is 10.2 Å². The first-order valence-electron chi connectivity index (χ1n) is 15.9. The van der Waals surface area contributed by atoms with E-state index in [1.807, 2.05) is 0 Å². The van der Waals surface area contributed by atoms with Gasteiger partial charge >= 0.3 is 12.1 Å². The molecule has 1 aromatic carbocycles. The number of rotatable bonds is 10. The highest BCUT2D eigenvalue weighted by molar-refractivity contribution is 6.74. The van der Waals surface area contributed by atoms with Gasteiger partial charge < -0.3 is 23.2 Å². The van der Waals surface area contributed by atoms with Gasteiger partial charge in [-0.2, -0.15) is 0 Å². The van der Waals surface area contributed by atoms with Crippen molar-refractivity contribution in [2.75, 3.05) is 33.4 Å². The van der Waals surface area contributed by atoms with E-state index in [0.717, 1.165) is 0 Å². The van der Waals surface area contributed by atoms with E-state index in [0.29, 0.717) is 48.7 Å². The number of carbonyl (C=O) groups is 3. The number of amidine groups is 1. The number of alkyl carbamates (subject to hydrolysis) is 1. The third-order valence-corrected chi connectivity index (χ3v) is 17.9. The van der Waals surface area contributed by atoms with Crippen LogP contribution in [0.15, 0.2) is 28.8 Å². The van der Waals surface area contributed by atoms with Gasteiger partial charge in [0.2, 0.25) is 5.91 Å². The van der Waals surface area contributed by atoms with Crippen LogP contribution in [-0.2, 0) is 23.1 Å². The smallest absolute Gasteiger partial charge is 0.413 e. The first-order valence-corrected chi connectivity index (χ1v) is 21.8. The molecule has 1 aliphatic heterocycles. The molecule has 0 saturated heterocycles. The van der Waals surface area contributed by atoms with Crippen molar-refractivity contribution in [3.63, 3.8) is 0 Å². The Morgan fingerprint density at radius 3 is 1.85 bits per heavy atom. The maximum Gasteiger partial charge on any atom is 0.413 e. The van der Waals surface area contributed by atoms with Crippen molar-refractivity contribution in [3.8, 4) is 0 Å². The minimum Gasteiger partial charge on any atom is -0.465 e. The summed E-state index contributed by atoms with van der Waals surface area (Å²) in [6.07, 6.45) is 1.12. The number of nitrogens with zero attached hydrogens (tertiary/aromatic N) is 2. The topological polar surface area (TPSA) is 116 Å². The number of carbonyl (C=O) groups excluding carboxylic acids is 3. The number of hydrogen-bond donors (Lipinski definition) is 1. The molecule has 2 rings (SSSR count). The van der Waals surface area contributed by atoms with Gasteiger partial charge in [-0.1, -0.05) is 47.6 Å². The number of hydrogen-bond acceptors (Lipinski definition) is 8. The molecule has 0 bridgehead atoms. The number of esters is 1. The average Bonchev–Trinajstić information content (AvgIpc) is 3.07. The van der Waals surface area contributed by atoms with Crippen LogP contribution in [0.2, 0.25) is 36.3 Å². The third kappa shape index (κ3) is 11.2. The van der Waals surface area contributed by atoms with Gasteiger partial charge in [-0.25, -0.2) is 14.6 Å². The zero-order chi connectivity index (χ0) is 35.3. The van der Waals surface area contributed by atoms with Crippen LogP contribution in [0.25, 0.3) is 6.08 Å². The minimum atomic E-state index is -2.05. The average molecular weight is 676 g/mol. The second-order valence-electron chi connectivity index (χ2n) is 15.8. The normalized spacial score (nSPS) is 14.4. The number of ether oxygens (including phenoxy) is 2. The maximum absolute atomic E-state index is 14.3. The van der Waals surface area contributed by atoms with E-state index in [4.69, 9.17) is 18.3 Å². The van der Waals surface area contributed by atoms with Gasteiger partial charge in [0.25, 0.3) is 0 Å². The number of amides is 2. The second-order valence-corrected chi connectivity index (χ2v) is 25.4. The Morgan fingerprint density at radius 1 is 0.870 bits per heavy atom. The summed E-state index contributed by atoms with van der Waals surface area (Å²) in [7, 11) is -2.79. The number of aliphatic imine (C=N–C) groups is 1. The number of methoxy groups -OCH3 is 1. The summed E-state index contributed by atoms with van der Waals surface area (Å²) in [6.45, 7) is 28.7. The predicted molar refractivity (Wildman–Crippen MR) is 190 cm³/mol. The highest BCUT2D eigenvalue weighted by Gasteiger charge is 2.38. The third-order valence-electron chi connectivity index (χ3n) is 8.86. The van der Waals surface area contributed by atoms with Gasteiger partial charge in [0.05, 0.1) is 31.6 Å². The van der Waals surface area contributed by atoms with E-state index in [1.165, 1.54) is 7.11 Å². The van der Waals surface area contributed by atoms with E-state index in [-0.39, 0.29) is 28.2 Å². The standard InChI is InChI=1S/C34H57N3O7Si2/c1-32(2,3)44-31(40)36-28-23-26(21-24-15-16-25(30(39)41-10)22-27(24)35-28)29(38)37(17-19-42-45(11,12)33(4,5)6)18-20-43-46(13,14)34(7,8)9/h15-16,21-22H,17-20,23H2,1-14H3,(H,35,36,40). The lowest BCUT2D eigenvalue weighted by molar-refractivity contribution is -0.128. The van der Waals surface area contributed by atoms with Crippen LogP contribution in [-0.4, -0.2) is 84.4 Å². The molecule has 0 aliphatic carbocycles. The highest BCUT2D eigenvalue weighted by atomic mass is 28.4. The molecule has 0 spiro atoms. The number of fused-ring (bicyclic) bond motifs is 1. The molecule has 12 heteroatoms. The first kappa shape index (κ1) is 39.4. The summed E-state index contributed by atoms with van der Waals surface area (Å²) in [6, 6.07) is 4.93. The molecular formula is C34H57N3O7Si2. The summed E-state index contributed by atoms with van der Waals surface area (Å²) in [5.74, 6) is -0.496. The minimum absolute atomic E-state index is 0.0303. The van der Waals surface area contributed by atoms with Crippen LogP contribution in [0.4, 0.5) is 10.5 Å². The zero-order valence-electron chi connectivity index (χ0n) is 30.6. The van der Waals surface area contributed by atoms with Gasteiger partial charge in [0.1, 0.15) is 11.4 Å². The summed E-state index contributed by atoms with van der Waals surface area (Å²) >= 11 is 0. The summed E-state index contributed by atoms with van der Waals surface area (Å²) < 4.78 is 23.3. The van der Waals surface area contributed by atoms with Crippen molar-refractivity contribution in [2.45, 2.75) is 111 Å². The summed E-state index contributed by atoms with van der Waals surface area (Å²) in [5, 5.41) is 2.79. The van der Waals surface area contributed by atoms with Crippen LogP contribution >= 0.6 is 0 Å². The molecule has 0 fully saturated rings. The lowest BCUT2D eigenvalue weighted by Crippen LogP contribution is -2.46. The Labute approximate surface area is 278 Å². The van der Waals surface area contributed by atoms with Crippen molar-refractivity contribution < 1.29 is 32.7 Å². The highest BCUT2D eigenvalue weighted by Crippen LogP contribution is 2.37. The van der Waals surface area contributed by atoms with Crippen LogP contribution in [0.1, 0.15) is 84.7 Å². The molecule has 1 aliphatic rings. The molecule has 0 aromatic heterocycles. The summed E-state index contributed by atoms with van der Waals surface area (Å²) in [4.78, 5) is 45.8. The Kier molecular flexibility index (Phi) is 12.8. The Balaban J connectivity index is 2.48. The van der Waals surface area contributed by atoms with Crippen molar-refractivity contribution in [3.05, 3.63) is 34.9 Å². The molecule has 2 amide bonds. The number of nitrogens with one attached hydrogen (secondary N) is 1. The first-order chi connectivity index (χ1) is 20.9. The molecule has 0 atom stereocenters. The van der Waals surface area contributed by atoms with E-state index in [2.05, 4.69) is 78.0 Å². The van der Waals surface area contributed by atoms with E-state index in [1.54, 1.807) is 49.9 Å². The van der Waals surface area contributed by atoms with Crippen molar-refractivity contribution in [2.24, 2.45) is 4.99 Å². The molecular weight excluding hydrogens is 619 g/mol. The lowest BCUT2D eigenvalue weighted by atomic mass is 10.0. The van der Waals surface area contributed by atoms with Gasteiger partial charge in [-0.15, -0.1) is 0 Å².